The van der Waals surface area contributed by atoms with Gasteiger partial charge in [-0.05, 0) is 20.8 Å². The van der Waals surface area contributed by atoms with Crippen molar-refractivity contribution >= 4 is 5.78 Å². The highest BCUT2D eigenvalue weighted by atomic mass is 16.5. The van der Waals surface area contributed by atoms with E-state index >= 15 is 0 Å². The largest absolute Gasteiger partial charge is 0.379 e. The van der Waals surface area contributed by atoms with Crippen molar-refractivity contribution in [3.63, 3.8) is 0 Å². The standard InChI is InChI=1S/C11H22O4/c1-10(2)15-9-8-14-7-6-13-5-4-11(3)12/h10H,4-9H2,1-3H3. The van der Waals surface area contributed by atoms with Crippen LogP contribution >= 0.6 is 0 Å². The van der Waals surface area contributed by atoms with Crippen LogP contribution in [0.1, 0.15) is 27.2 Å². The molecule has 90 valence electrons. The van der Waals surface area contributed by atoms with Gasteiger partial charge in [-0.15, -0.1) is 0 Å². The lowest BCUT2D eigenvalue weighted by atomic mass is 10.3. The summed E-state index contributed by atoms with van der Waals surface area (Å²) in [5.41, 5.74) is 0. The molecule has 0 spiro atoms. The third-order valence-electron chi connectivity index (χ3n) is 1.65. The van der Waals surface area contributed by atoms with E-state index in [2.05, 4.69) is 0 Å². The number of hydrogen-bond donors (Lipinski definition) is 0. The molecular weight excluding hydrogens is 196 g/mol. The molecule has 0 bridgehead atoms. The van der Waals surface area contributed by atoms with E-state index in [0.717, 1.165) is 0 Å². The molecule has 0 rings (SSSR count). The van der Waals surface area contributed by atoms with Crippen molar-refractivity contribution in [1.29, 1.82) is 0 Å². The Morgan fingerprint density at radius 1 is 1.00 bits per heavy atom. The highest BCUT2D eigenvalue weighted by Crippen LogP contribution is 1.88. The first kappa shape index (κ1) is 14.6. The number of rotatable bonds is 10. The van der Waals surface area contributed by atoms with Crippen LogP contribution in [0.25, 0.3) is 0 Å². The zero-order valence-electron chi connectivity index (χ0n) is 9.95. The molecule has 0 aliphatic heterocycles. The Hall–Kier alpha value is -0.450. The summed E-state index contributed by atoms with van der Waals surface area (Å²) in [7, 11) is 0. The Kier molecular flexibility index (Phi) is 9.78. The molecule has 0 saturated heterocycles. The monoisotopic (exact) mass is 218 g/mol. The second-order valence-electron chi connectivity index (χ2n) is 3.60. The lowest BCUT2D eigenvalue weighted by molar-refractivity contribution is -0.118. The predicted molar refractivity (Wildman–Crippen MR) is 58.0 cm³/mol. The molecule has 0 aromatic carbocycles. The fraction of sp³-hybridized carbons (Fsp3) is 0.909. The average molecular weight is 218 g/mol. The smallest absolute Gasteiger partial charge is 0.132 e. The number of ether oxygens (including phenoxy) is 3. The summed E-state index contributed by atoms with van der Waals surface area (Å²) in [6.07, 6.45) is 0.733. The summed E-state index contributed by atoms with van der Waals surface area (Å²) in [5, 5.41) is 0. The summed E-state index contributed by atoms with van der Waals surface area (Å²) >= 11 is 0. The molecule has 0 unspecified atom stereocenters. The number of ketones is 1. The van der Waals surface area contributed by atoms with Crippen LogP contribution in [-0.4, -0.2) is 44.9 Å². The maximum absolute atomic E-state index is 10.6. The van der Waals surface area contributed by atoms with E-state index in [1.54, 1.807) is 6.92 Å². The SMILES string of the molecule is CC(=O)CCOCCOCCOC(C)C. The lowest BCUT2D eigenvalue weighted by Crippen LogP contribution is -2.12. The molecule has 0 heterocycles. The van der Waals surface area contributed by atoms with Gasteiger partial charge < -0.3 is 14.2 Å². The van der Waals surface area contributed by atoms with Crippen molar-refractivity contribution in [2.75, 3.05) is 33.0 Å². The molecule has 0 aliphatic rings. The average Bonchev–Trinajstić information content (AvgIpc) is 2.14. The van der Waals surface area contributed by atoms with Crippen LogP contribution in [0, 0.1) is 0 Å². The van der Waals surface area contributed by atoms with E-state index in [1.165, 1.54) is 0 Å². The Bertz CT molecular complexity index is 157. The normalized spacial score (nSPS) is 10.9. The first-order chi connectivity index (χ1) is 7.13. The van der Waals surface area contributed by atoms with Crippen LogP contribution in [0.3, 0.4) is 0 Å². The van der Waals surface area contributed by atoms with Gasteiger partial charge in [-0.3, -0.25) is 4.79 Å². The van der Waals surface area contributed by atoms with Gasteiger partial charge in [-0.2, -0.15) is 0 Å². The second-order valence-corrected chi connectivity index (χ2v) is 3.60. The van der Waals surface area contributed by atoms with Gasteiger partial charge in [-0.1, -0.05) is 0 Å². The third-order valence-corrected chi connectivity index (χ3v) is 1.65. The van der Waals surface area contributed by atoms with Crippen molar-refractivity contribution in [2.24, 2.45) is 0 Å². The molecule has 4 nitrogen and oxygen atoms in total. The first-order valence-corrected chi connectivity index (χ1v) is 5.39. The van der Waals surface area contributed by atoms with Crippen molar-refractivity contribution in [3.05, 3.63) is 0 Å². The Balaban J connectivity index is 2.96. The summed E-state index contributed by atoms with van der Waals surface area (Å²) in [6.45, 7) is 8.33. The molecule has 0 aromatic heterocycles. The van der Waals surface area contributed by atoms with Gasteiger partial charge in [0.05, 0.1) is 39.1 Å². The third kappa shape index (κ3) is 13.6. The fourth-order valence-corrected chi connectivity index (χ4v) is 0.881. The number of carbonyl (C=O) groups is 1. The van der Waals surface area contributed by atoms with Crippen LogP contribution in [0.4, 0.5) is 0 Å². The number of hydrogen-bond acceptors (Lipinski definition) is 4. The summed E-state index contributed by atoms with van der Waals surface area (Å²) < 4.78 is 15.7. The van der Waals surface area contributed by atoms with E-state index < -0.39 is 0 Å². The van der Waals surface area contributed by atoms with Gasteiger partial charge in [-0.25, -0.2) is 0 Å². The quantitative estimate of drug-likeness (QED) is 0.520. The Morgan fingerprint density at radius 3 is 2.07 bits per heavy atom. The van der Waals surface area contributed by atoms with Gasteiger partial charge in [0.1, 0.15) is 5.78 Å². The fourth-order valence-electron chi connectivity index (χ4n) is 0.881. The molecule has 0 radical (unpaired) electrons. The van der Waals surface area contributed by atoms with Gasteiger partial charge in [0.15, 0.2) is 0 Å². The van der Waals surface area contributed by atoms with E-state index in [0.29, 0.717) is 39.5 Å². The van der Waals surface area contributed by atoms with Crippen LogP contribution in [0.15, 0.2) is 0 Å². The van der Waals surface area contributed by atoms with E-state index in [9.17, 15) is 4.79 Å². The minimum absolute atomic E-state index is 0.154. The molecular formula is C11H22O4. The lowest BCUT2D eigenvalue weighted by Gasteiger charge is -2.08. The van der Waals surface area contributed by atoms with Crippen LogP contribution in [0.2, 0.25) is 0 Å². The summed E-state index contributed by atoms with van der Waals surface area (Å²) in [5.74, 6) is 0.154. The van der Waals surface area contributed by atoms with Crippen molar-refractivity contribution in [3.8, 4) is 0 Å². The Morgan fingerprint density at radius 2 is 1.53 bits per heavy atom. The Labute approximate surface area is 91.9 Å². The maximum Gasteiger partial charge on any atom is 0.132 e. The first-order valence-electron chi connectivity index (χ1n) is 5.39. The van der Waals surface area contributed by atoms with Gasteiger partial charge in [0.25, 0.3) is 0 Å². The van der Waals surface area contributed by atoms with Gasteiger partial charge in [0.2, 0.25) is 0 Å². The topological polar surface area (TPSA) is 44.8 Å². The van der Waals surface area contributed by atoms with Crippen LogP contribution in [0.5, 0.6) is 0 Å². The maximum atomic E-state index is 10.6. The molecule has 0 aromatic rings. The molecule has 4 heteroatoms. The molecule has 0 saturated carbocycles. The zero-order valence-corrected chi connectivity index (χ0v) is 9.95. The van der Waals surface area contributed by atoms with E-state index in [4.69, 9.17) is 14.2 Å². The number of Topliss-reactive ketones (excluding diaryl/α,β-unsaturated/α-hetero) is 1. The van der Waals surface area contributed by atoms with Gasteiger partial charge >= 0.3 is 0 Å². The van der Waals surface area contributed by atoms with E-state index in [1.807, 2.05) is 13.8 Å². The molecule has 0 N–H and O–H groups in total. The number of carbonyl (C=O) groups excluding carboxylic acids is 1. The zero-order chi connectivity index (χ0) is 11.5. The predicted octanol–water partition coefficient (Wildman–Crippen LogP) is 1.42. The second kappa shape index (κ2) is 10.1. The van der Waals surface area contributed by atoms with Gasteiger partial charge in [0, 0.05) is 6.42 Å². The van der Waals surface area contributed by atoms with Crippen LogP contribution < -0.4 is 0 Å². The molecule has 15 heavy (non-hydrogen) atoms. The molecule has 0 amide bonds. The van der Waals surface area contributed by atoms with Crippen molar-refractivity contribution in [1.82, 2.24) is 0 Å². The minimum atomic E-state index is 0.154. The highest BCUT2D eigenvalue weighted by Gasteiger charge is 1.95. The highest BCUT2D eigenvalue weighted by molar-refractivity contribution is 5.75. The molecule has 0 atom stereocenters. The van der Waals surface area contributed by atoms with Crippen molar-refractivity contribution < 1.29 is 19.0 Å². The minimum Gasteiger partial charge on any atom is -0.379 e. The van der Waals surface area contributed by atoms with E-state index in [-0.39, 0.29) is 11.9 Å². The molecule has 0 aliphatic carbocycles. The van der Waals surface area contributed by atoms with Crippen molar-refractivity contribution in [2.45, 2.75) is 33.3 Å². The van der Waals surface area contributed by atoms with Crippen LogP contribution in [-0.2, 0) is 19.0 Å². The summed E-state index contributed by atoms with van der Waals surface area (Å²) in [4.78, 5) is 10.6. The molecule has 0 fully saturated rings. The summed E-state index contributed by atoms with van der Waals surface area (Å²) in [6, 6.07) is 0.